The number of ether oxygens (including phenoxy) is 1. The lowest BCUT2D eigenvalue weighted by molar-refractivity contribution is 0.0788. The van der Waals surface area contributed by atoms with Crippen LogP contribution in [-0.4, -0.2) is 61.3 Å². The molecular formula is C17H28N2O2. The van der Waals surface area contributed by atoms with Gasteiger partial charge in [0.15, 0.2) is 0 Å². The minimum Gasteiger partial charge on any atom is -0.494 e. The number of nitrogens with zero attached hydrogens (tertiary/aromatic N) is 2. The van der Waals surface area contributed by atoms with E-state index in [0.717, 1.165) is 24.4 Å². The Morgan fingerprint density at radius 1 is 1.29 bits per heavy atom. The first kappa shape index (κ1) is 16.3. The second-order valence-electron chi connectivity index (χ2n) is 5.99. The van der Waals surface area contributed by atoms with E-state index in [1.807, 2.05) is 31.2 Å². The van der Waals surface area contributed by atoms with Gasteiger partial charge in [-0.15, -0.1) is 0 Å². The number of aliphatic hydroxyl groups excluding tert-OH is 1. The fourth-order valence-corrected chi connectivity index (χ4v) is 2.92. The van der Waals surface area contributed by atoms with Crippen LogP contribution in [0.25, 0.3) is 0 Å². The summed E-state index contributed by atoms with van der Waals surface area (Å²) in [5.41, 5.74) is 0.957. The minimum atomic E-state index is -0.440. The minimum absolute atomic E-state index is 0.440. The molecule has 1 N–H and O–H groups in total. The molecular weight excluding hydrogens is 264 g/mol. The summed E-state index contributed by atoms with van der Waals surface area (Å²) in [6.45, 7) is 5.62. The van der Waals surface area contributed by atoms with Crippen LogP contribution in [0.1, 0.15) is 31.4 Å². The molecule has 21 heavy (non-hydrogen) atoms. The van der Waals surface area contributed by atoms with Crippen molar-refractivity contribution in [3.05, 3.63) is 29.8 Å². The monoisotopic (exact) mass is 292 g/mol. The number of hydrogen-bond donors (Lipinski definition) is 1. The molecule has 2 rings (SSSR count). The van der Waals surface area contributed by atoms with Crippen molar-refractivity contribution >= 4 is 0 Å². The van der Waals surface area contributed by atoms with Crippen molar-refractivity contribution < 1.29 is 9.84 Å². The Morgan fingerprint density at radius 3 is 2.48 bits per heavy atom. The second-order valence-corrected chi connectivity index (χ2v) is 5.99. The van der Waals surface area contributed by atoms with Crippen molar-refractivity contribution in [3.8, 4) is 5.75 Å². The molecule has 1 atom stereocenters. The molecule has 1 aliphatic heterocycles. The molecule has 1 heterocycles. The van der Waals surface area contributed by atoms with Gasteiger partial charge >= 0.3 is 0 Å². The van der Waals surface area contributed by atoms with Gasteiger partial charge < -0.3 is 19.6 Å². The number of benzene rings is 1. The lowest BCUT2D eigenvalue weighted by atomic mass is 10.0. The maximum absolute atomic E-state index is 10.4. The van der Waals surface area contributed by atoms with E-state index in [1.54, 1.807) is 0 Å². The Balaban J connectivity index is 1.86. The van der Waals surface area contributed by atoms with E-state index in [4.69, 9.17) is 4.74 Å². The van der Waals surface area contributed by atoms with E-state index < -0.39 is 6.10 Å². The number of hydrogen-bond acceptors (Lipinski definition) is 4. The average Bonchev–Trinajstić information content (AvgIpc) is 2.49. The SMILES string of the molecule is CCOc1ccc(C(O)CN(C)C2CCN(C)CC2)cc1. The fraction of sp³-hybridized carbons (Fsp3) is 0.647. The molecule has 0 aliphatic carbocycles. The zero-order valence-electron chi connectivity index (χ0n) is 13.5. The van der Waals surface area contributed by atoms with Crippen LogP contribution in [0.5, 0.6) is 5.75 Å². The summed E-state index contributed by atoms with van der Waals surface area (Å²) in [6.07, 6.45) is 1.93. The summed E-state index contributed by atoms with van der Waals surface area (Å²) in [5, 5.41) is 10.4. The first-order valence-electron chi connectivity index (χ1n) is 7.89. The molecule has 1 fully saturated rings. The lowest BCUT2D eigenvalue weighted by Gasteiger charge is -2.36. The van der Waals surface area contributed by atoms with Crippen LogP contribution >= 0.6 is 0 Å². The summed E-state index contributed by atoms with van der Waals surface area (Å²) >= 11 is 0. The summed E-state index contributed by atoms with van der Waals surface area (Å²) in [7, 11) is 4.29. The van der Waals surface area contributed by atoms with Crippen LogP contribution in [-0.2, 0) is 0 Å². The normalized spacial score (nSPS) is 18.9. The third-order valence-electron chi connectivity index (χ3n) is 4.35. The summed E-state index contributed by atoms with van der Waals surface area (Å²) < 4.78 is 5.43. The topological polar surface area (TPSA) is 35.9 Å². The van der Waals surface area contributed by atoms with Gasteiger partial charge in [0.05, 0.1) is 12.7 Å². The molecule has 0 aromatic heterocycles. The van der Waals surface area contributed by atoms with Crippen LogP contribution < -0.4 is 4.74 Å². The Hall–Kier alpha value is -1.10. The molecule has 1 saturated heterocycles. The Morgan fingerprint density at radius 2 is 1.90 bits per heavy atom. The van der Waals surface area contributed by atoms with Gasteiger partial charge in [-0.1, -0.05) is 12.1 Å². The highest BCUT2D eigenvalue weighted by Gasteiger charge is 2.22. The Labute approximate surface area is 128 Å². The van der Waals surface area contributed by atoms with E-state index in [9.17, 15) is 5.11 Å². The Kier molecular flexibility index (Phi) is 6.03. The number of likely N-dealkylation sites (N-methyl/N-ethyl adjacent to an activating group) is 1. The van der Waals surface area contributed by atoms with Crippen molar-refractivity contribution in [3.63, 3.8) is 0 Å². The van der Waals surface area contributed by atoms with Gasteiger partial charge in [0.1, 0.15) is 5.75 Å². The van der Waals surface area contributed by atoms with Gasteiger partial charge in [-0.05, 0) is 64.6 Å². The number of aliphatic hydroxyl groups is 1. The first-order chi connectivity index (χ1) is 10.1. The van der Waals surface area contributed by atoms with Crippen LogP contribution in [0, 0.1) is 0 Å². The van der Waals surface area contributed by atoms with Crippen molar-refractivity contribution in [2.24, 2.45) is 0 Å². The quantitative estimate of drug-likeness (QED) is 0.871. The maximum Gasteiger partial charge on any atom is 0.119 e. The summed E-state index contributed by atoms with van der Waals surface area (Å²) in [6, 6.07) is 8.35. The molecule has 1 aromatic carbocycles. The van der Waals surface area contributed by atoms with Gasteiger partial charge in [0.2, 0.25) is 0 Å². The fourth-order valence-electron chi connectivity index (χ4n) is 2.92. The van der Waals surface area contributed by atoms with Gasteiger partial charge in [-0.25, -0.2) is 0 Å². The predicted octanol–water partition coefficient (Wildman–Crippen LogP) is 2.14. The lowest BCUT2D eigenvalue weighted by Crippen LogP contribution is -2.43. The molecule has 1 aromatic rings. The summed E-state index contributed by atoms with van der Waals surface area (Å²) in [4.78, 5) is 4.67. The second kappa shape index (κ2) is 7.78. The average molecular weight is 292 g/mol. The number of piperidine rings is 1. The number of rotatable bonds is 6. The van der Waals surface area contributed by atoms with Crippen molar-refractivity contribution in [2.45, 2.75) is 31.9 Å². The van der Waals surface area contributed by atoms with E-state index in [0.29, 0.717) is 19.2 Å². The smallest absolute Gasteiger partial charge is 0.119 e. The molecule has 118 valence electrons. The van der Waals surface area contributed by atoms with E-state index in [-0.39, 0.29) is 0 Å². The molecule has 0 spiro atoms. The molecule has 1 unspecified atom stereocenters. The van der Waals surface area contributed by atoms with Crippen LogP contribution in [0.15, 0.2) is 24.3 Å². The molecule has 0 amide bonds. The van der Waals surface area contributed by atoms with Crippen molar-refractivity contribution in [2.75, 3.05) is 40.3 Å². The highest BCUT2D eigenvalue weighted by atomic mass is 16.5. The Bertz CT molecular complexity index is 413. The first-order valence-corrected chi connectivity index (χ1v) is 7.89. The third kappa shape index (κ3) is 4.70. The van der Waals surface area contributed by atoms with Crippen molar-refractivity contribution in [1.29, 1.82) is 0 Å². The zero-order chi connectivity index (χ0) is 15.2. The molecule has 0 bridgehead atoms. The molecule has 4 nitrogen and oxygen atoms in total. The molecule has 0 radical (unpaired) electrons. The van der Waals surface area contributed by atoms with E-state index in [2.05, 4.69) is 23.9 Å². The summed E-state index contributed by atoms with van der Waals surface area (Å²) in [5.74, 6) is 0.858. The highest BCUT2D eigenvalue weighted by Crippen LogP contribution is 2.21. The number of likely N-dealkylation sites (tertiary alicyclic amines) is 1. The van der Waals surface area contributed by atoms with Gasteiger partial charge in [-0.3, -0.25) is 0 Å². The van der Waals surface area contributed by atoms with Crippen LogP contribution in [0.3, 0.4) is 0 Å². The largest absolute Gasteiger partial charge is 0.494 e. The van der Waals surface area contributed by atoms with Gasteiger partial charge in [0.25, 0.3) is 0 Å². The molecule has 4 heteroatoms. The van der Waals surface area contributed by atoms with Gasteiger partial charge in [-0.2, -0.15) is 0 Å². The maximum atomic E-state index is 10.4. The molecule has 0 saturated carbocycles. The van der Waals surface area contributed by atoms with E-state index in [1.165, 1.54) is 12.8 Å². The molecule has 1 aliphatic rings. The predicted molar refractivity (Wildman–Crippen MR) is 85.7 cm³/mol. The third-order valence-corrected chi connectivity index (χ3v) is 4.35. The standard InChI is InChI=1S/C17H28N2O2/c1-4-21-16-7-5-14(6-8-16)17(20)13-19(3)15-9-11-18(2)12-10-15/h5-8,15,17,20H,4,9-13H2,1-3H3. The van der Waals surface area contributed by atoms with Crippen LogP contribution in [0.4, 0.5) is 0 Å². The zero-order valence-corrected chi connectivity index (χ0v) is 13.5. The van der Waals surface area contributed by atoms with Crippen LogP contribution in [0.2, 0.25) is 0 Å². The van der Waals surface area contributed by atoms with Gasteiger partial charge in [0, 0.05) is 12.6 Å². The highest BCUT2D eigenvalue weighted by molar-refractivity contribution is 5.28. The van der Waals surface area contributed by atoms with E-state index >= 15 is 0 Å². The van der Waals surface area contributed by atoms with Crippen molar-refractivity contribution in [1.82, 2.24) is 9.80 Å².